The van der Waals surface area contributed by atoms with Crippen LogP contribution in [0.25, 0.3) is 0 Å². The summed E-state index contributed by atoms with van der Waals surface area (Å²) in [6.45, 7) is 20.3. The summed E-state index contributed by atoms with van der Waals surface area (Å²) in [4.78, 5) is 4.79. The summed E-state index contributed by atoms with van der Waals surface area (Å²) >= 11 is 0. The van der Waals surface area contributed by atoms with Crippen molar-refractivity contribution in [1.82, 2.24) is 0 Å². The van der Waals surface area contributed by atoms with Crippen LogP contribution in [0.1, 0.15) is 6.42 Å². The third-order valence-electron chi connectivity index (χ3n) is 2.62. The molecule has 23 heavy (non-hydrogen) atoms. The smallest absolute Gasteiger partial charge is 0.184 e. The molecule has 0 N–H and O–H groups in total. The largest absolute Gasteiger partial charge is 0.415 e. The van der Waals surface area contributed by atoms with E-state index in [1.54, 1.807) is 13.3 Å². The zero-order valence-electron chi connectivity index (χ0n) is 16.7. The maximum atomic E-state index is 6.40. The molecule has 0 aromatic carbocycles. The first-order valence-corrected chi connectivity index (χ1v) is 18.5. The van der Waals surface area contributed by atoms with Crippen LogP contribution in [0.4, 0.5) is 0 Å². The standard InChI is InChI=1S/C15H37NO4Si3/c1-17-16-12-11-14(19-22(5,6)7)15(20-23(8,9)10)13-18-21(2,3)4/h12,14-15H,11,13H2,1-10H3. The van der Waals surface area contributed by atoms with Gasteiger partial charge in [-0.05, 0) is 58.9 Å². The van der Waals surface area contributed by atoms with Gasteiger partial charge in [-0.3, -0.25) is 0 Å². The van der Waals surface area contributed by atoms with Gasteiger partial charge in [-0.25, -0.2) is 0 Å². The van der Waals surface area contributed by atoms with Gasteiger partial charge in [0.05, 0.1) is 18.8 Å². The van der Waals surface area contributed by atoms with E-state index >= 15 is 0 Å². The molecule has 0 radical (unpaired) electrons. The minimum absolute atomic E-state index is 0.0522. The lowest BCUT2D eigenvalue weighted by Crippen LogP contribution is -2.48. The normalized spacial score (nSPS) is 16.6. The van der Waals surface area contributed by atoms with Crippen LogP contribution in [0.5, 0.6) is 0 Å². The monoisotopic (exact) mass is 379 g/mol. The summed E-state index contributed by atoms with van der Waals surface area (Å²) in [6.07, 6.45) is 2.31. The first kappa shape index (κ1) is 23.0. The Hall–Kier alpha value is 0.000649. The minimum atomic E-state index is -1.71. The SMILES string of the molecule is CON=CCC(O[Si](C)(C)C)C(CO[Si](C)(C)C)O[Si](C)(C)C. The fourth-order valence-corrected chi connectivity index (χ4v) is 4.90. The lowest BCUT2D eigenvalue weighted by atomic mass is 10.1. The van der Waals surface area contributed by atoms with Crippen LogP contribution in [0.2, 0.25) is 58.9 Å². The van der Waals surface area contributed by atoms with Gasteiger partial charge in [0.15, 0.2) is 25.0 Å². The summed E-state index contributed by atoms with van der Waals surface area (Å²) < 4.78 is 18.9. The summed E-state index contributed by atoms with van der Waals surface area (Å²) in [5, 5.41) is 3.86. The number of hydrogen-bond donors (Lipinski definition) is 0. The highest BCUT2D eigenvalue weighted by Gasteiger charge is 2.33. The molecule has 5 nitrogen and oxygen atoms in total. The van der Waals surface area contributed by atoms with E-state index in [1.165, 1.54) is 0 Å². The molecular formula is C15H37NO4Si3. The van der Waals surface area contributed by atoms with Crippen LogP contribution in [-0.2, 0) is 18.1 Å². The second-order valence-corrected chi connectivity index (χ2v) is 22.1. The maximum Gasteiger partial charge on any atom is 0.184 e. The summed E-state index contributed by atoms with van der Waals surface area (Å²) in [7, 11) is -3.47. The Bertz CT molecular complexity index is 359. The Balaban J connectivity index is 5.19. The molecule has 0 rings (SSSR count). The molecule has 0 heterocycles. The minimum Gasteiger partial charge on any atom is -0.415 e. The third-order valence-corrected chi connectivity index (χ3v) is 5.68. The predicted molar refractivity (Wildman–Crippen MR) is 106 cm³/mol. The second kappa shape index (κ2) is 9.48. The highest BCUT2D eigenvalue weighted by atomic mass is 28.4. The zero-order valence-corrected chi connectivity index (χ0v) is 19.7. The van der Waals surface area contributed by atoms with Gasteiger partial charge < -0.3 is 18.1 Å². The van der Waals surface area contributed by atoms with E-state index in [4.69, 9.17) is 18.1 Å². The third kappa shape index (κ3) is 14.1. The molecule has 0 fully saturated rings. The van der Waals surface area contributed by atoms with E-state index in [0.717, 1.165) is 0 Å². The molecule has 0 amide bonds. The van der Waals surface area contributed by atoms with E-state index in [2.05, 4.69) is 64.1 Å². The van der Waals surface area contributed by atoms with E-state index < -0.39 is 25.0 Å². The quantitative estimate of drug-likeness (QED) is 0.305. The molecule has 0 aromatic heterocycles. The van der Waals surface area contributed by atoms with E-state index in [9.17, 15) is 0 Å². The van der Waals surface area contributed by atoms with Gasteiger partial charge in [-0.15, -0.1) is 0 Å². The first-order chi connectivity index (χ1) is 10.2. The highest BCUT2D eigenvalue weighted by Crippen LogP contribution is 2.20. The zero-order chi connectivity index (χ0) is 18.3. The van der Waals surface area contributed by atoms with Crippen LogP contribution in [-0.4, -0.2) is 57.1 Å². The lowest BCUT2D eigenvalue weighted by Gasteiger charge is -2.36. The number of oxime groups is 1. The van der Waals surface area contributed by atoms with Crippen molar-refractivity contribution in [3.63, 3.8) is 0 Å². The van der Waals surface area contributed by atoms with Crippen LogP contribution < -0.4 is 0 Å². The van der Waals surface area contributed by atoms with Gasteiger partial charge in [0.1, 0.15) is 7.11 Å². The Morgan fingerprint density at radius 2 is 1.26 bits per heavy atom. The molecule has 0 aromatic rings. The maximum absolute atomic E-state index is 6.40. The van der Waals surface area contributed by atoms with Crippen molar-refractivity contribution >= 4 is 31.2 Å². The summed E-state index contributed by atoms with van der Waals surface area (Å²) in [6, 6.07) is 0. The van der Waals surface area contributed by atoms with E-state index in [0.29, 0.717) is 13.0 Å². The molecule has 2 atom stereocenters. The molecular weight excluding hydrogens is 342 g/mol. The van der Waals surface area contributed by atoms with Crippen LogP contribution in [0, 0.1) is 0 Å². The molecule has 0 spiro atoms. The van der Waals surface area contributed by atoms with Crippen molar-refractivity contribution < 1.29 is 18.1 Å². The van der Waals surface area contributed by atoms with Crippen LogP contribution >= 0.6 is 0 Å². The Kier molecular flexibility index (Phi) is 9.48. The second-order valence-electron chi connectivity index (χ2n) is 8.67. The number of hydrogen-bond acceptors (Lipinski definition) is 5. The molecule has 138 valence electrons. The average molecular weight is 380 g/mol. The highest BCUT2D eigenvalue weighted by molar-refractivity contribution is 6.70. The Labute approximate surface area is 146 Å². The predicted octanol–water partition coefficient (Wildman–Crippen LogP) is 4.30. The van der Waals surface area contributed by atoms with Crippen molar-refractivity contribution in [3.05, 3.63) is 0 Å². The molecule has 0 aliphatic rings. The molecule has 0 saturated carbocycles. The van der Waals surface area contributed by atoms with Gasteiger partial charge >= 0.3 is 0 Å². The Morgan fingerprint density at radius 1 is 0.783 bits per heavy atom. The topological polar surface area (TPSA) is 49.3 Å². The number of nitrogens with zero attached hydrogens (tertiary/aromatic N) is 1. The molecule has 0 aliphatic heterocycles. The summed E-state index contributed by atoms with van der Waals surface area (Å²) in [5.74, 6) is 0. The van der Waals surface area contributed by atoms with Gasteiger partial charge in [0.2, 0.25) is 0 Å². The van der Waals surface area contributed by atoms with Gasteiger partial charge in [0.25, 0.3) is 0 Å². The van der Waals surface area contributed by atoms with Crippen molar-refractivity contribution in [2.75, 3.05) is 13.7 Å². The number of rotatable bonds is 11. The van der Waals surface area contributed by atoms with Crippen molar-refractivity contribution in [3.8, 4) is 0 Å². The fraction of sp³-hybridized carbons (Fsp3) is 0.933. The molecule has 0 saturated heterocycles. The van der Waals surface area contributed by atoms with Crippen LogP contribution in [0.15, 0.2) is 5.16 Å². The fourth-order valence-electron chi connectivity index (χ4n) is 1.95. The lowest BCUT2D eigenvalue weighted by molar-refractivity contribution is 0.0158. The average Bonchev–Trinajstić information content (AvgIpc) is 2.29. The first-order valence-electron chi connectivity index (χ1n) is 8.28. The Morgan fingerprint density at radius 3 is 1.65 bits per heavy atom. The van der Waals surface area contributed by atoms with Crippen LogP contribution in [0.3, 0.4) is 0 Å². The molecule has 0 aliphatic carbocycles. The van der Waals surface area contributed by atoms with Gasteiger partial charge in [-0.1, -0.05) is 5.16 Å². The van der Waals surface area contributed by atoms with E-state index in [1.807, 2.05) is 0 Å². The molecule has 2 unspecified atom stereocenters. The van der Waals surface area contributed by atoms with Crippen molar-refractivity contribution in [2.24, 2.45) is 5.16 Å². The van der Waals surface area contributed by atoms with Crippen molar-refractivity contribution in [1.29, 1.82) is 0 Å². The molecule has 8 heteroatoms. The van der Waals surface area contributed by atoms with E-state index in [-0.39, 0.29) is 12.2 Å². The van der Waals surface area contributed by atoms with Gasteiger partial charge in [0, 0.05) is 12.6 Å². The summed E-state index contributed by atoms with van der Waals surface area (Å²) in [5.41, 5.74) is 0. The van der Waals surface area contributed by atoms with Crippen molar-refractivity contribution in [2.45, 2.75) is 77.6 Å². The van der Waals surface area contributed by atoms with Gasteiger partial charge in [-0.2, -0.15) is 0 Å². The molecule has 0 bridgehead atoms.